The Morgan fingerprint density at radius 2 is 2.38 bits per heavy atom. The molecule has 1 aliphatic heterocycles. The molecule has 0 spiro atoms. The van der Waals surface area contributed by atoms with E-state index in [2.05, 4.69) is 28.2 Å². The summed E-state index contributed by atoms with van der Waals surface area (Å²) in [6.45, 7) is 4.12. The molecule has 88 valence electrons. The number of hydrogen-bond donors (Lipinski definition) is 1. The van der Waals surface area contributed by atoms with E-state index in [0.29, 0.717) is 18.7 Å². The Labute approximate surface area is 103 Å². The van der Waals surface area contributed by atoms with Crippen LogP contribution in [-0.4, -0.2) is 18.8 Å². The third kappa shape index (κ3) is 2.81. The first-order valence-electron chi connectivity index (χ1n) is 5.36. The first kappa shape index (κ1) is 12.0. The van der Waals surface area contributed by atoms with Crippen molar-refractivity contribution in [2.24, 2.45) is 0 Å². The summed E-state index contributed by atoms with van der Waals surface area (Å²) in [6, 6.07) is 5.00. The molecule has 1 saturated heterocycles. The van der Waals surface area contributed by atoms with Gasteiger partial charge in [-0.1, -0.05) is 15.9 Å². The minimum Gasteiger partial charge on any atom is -0.379 e. The SMILES string of the molecule is CC1(NCc2cc(Br)ccc2F)CCOC1. The van der Waals surface area contributed by atoms with Crippen molar-refractivity contribution in [1.82, 2.24) is 5.32 Å². The standard InChI is InChI=1S/C12H15BrFNO/c1-12(4-5-16-8-12)15-7-9-6-10(13)2-3-11(9)14/h2-3,6,15H,4-5,7-8H2,1H3. The van der Waals surface area contributed by atoms with Crippen molar-refractivity contribution in [1.29, 1.82) is 0 Å². The second-order valence-corrected chi connectivity index (χ2v) is 5.37. The summed E-state index contributed by atoms with van der Waals surface area (Å²) in [4.78, 5) is 0. The Morgan fingerprint density at radius 1 is 1.56 bits per heavy atom. The number of benzene rings is 1. The lowest BCUT2D eigenvalue weighted by molar-refractivity contribution is 0.171. The predicted octanol–water partition coefficient (Wildman–Crippen LogP) is 2.86. The molecule has 1 fully saturated rings. The summed E-state index contributed by atoms with van der Waals surface area (Å²) < 4.78 is 19.7. The molecule has 1 aromatic rings. The molecule has 1 atom stereocenters. The number of nitrogens with one attached hydrogen (secondary N) is 1. The molecule has 1 aromatic carbocycles. The van der Waals surface area contributed by atoms with E-state index in [9.17, 15) is 4.39 Å². The third-order valence-corrected chi connectivity index (χ3v) is 3.43. The summed E-state index contributed by atoms with van der Waals surface area (Å²) in [5.41, 5.74) is 0.664. The summed E-state index contributed by atoms with van der Waals surface area (Å²) in [7, 11) is 0. The summed E-state index contributed by atoms with van der Waals surface area (Å²) >= 11 is 3.34. The molecule has 2 nitrogen and oxygen atoms in total. The fraction of sp³-hybridized carbons (Fsp3) is 0.500. The minimum absolute atomic E-state index is 0.0191. The number of hydrogen-bond acceptors (Lipinski definition) is 2. The van der Waals surface area contributed by atoms with Crippen molar-refractivity contribution < 1.29 is 9.13 Å². The van der Waals surface area contributed by atoms with E-state index < -0.39 is 0 Å². The maximum absolute atomic E-state index is 13.5. The van der Waals surface area contributed by atoms with E-state index >= 15 is 0 Å². The Morgan fingerprint density at radius 3 is 3.06 bits per heavy atom. The van der Waals surface area contributed by atoms with Crippen LogP contribution in [0.3, 0.4) is 0 Å². The molecule has 0 bridgehead atoms. The molecule has 0 amide bonds. The Balaban J connectivity index is 2.01. The van der Waals surface area contributed by atoms with Crippen LogP contribution in [0.1, 0.15) is 18.9 Å². The van der Waals surface area contributed by atoms with Crippen molar-refractivity contribution in [3.05, 3.63) is 34.1 Å². The maximum atomic E-state index is 13.5. The van der Waals surface area contributed by atoms with Crippen molar-refractivity contribution in [2.75, 3.05) is 13.2 Å². The van der Waals surface area contributed by atoms with Gasteiger partial charge in [0.25, 0.3) is 0 Å². The fourth-order valence-electron chi connectivity index (χ4n) is 1.79. The Kier molecular flexibility index (Phi) is 3.62. The molecular weight excluding hydrogens is 273 g/mol. The van der Waals surface area contributed by atoms with E-state index in [1.165, 1.54) is 6.07 Å². The summed E-state index contributed by atoms with van der Waals surface area (Å²) in [6.07, 6.45) is 0.975. The van der Waals surface area contributed by atoms with Crippen LogP contribution >= 0.6 is 15.9 Å². The van der Waals surface area contributed by atoms with Gasteiger partial charge in [-0.05, 0) is 31.5 Å². The van der Waals surface area contributed by atoms with Crippen LogP contribution in [0.2, 0.25) is 0 Å². The van der Waals surface area contributed by atoms with Gasteiger partial charge in [0.2, 0.25) is 0 Å². The molecule has 1 unspecified atom stereocenters. The van der Waals surface area contributed by atoms with Gasteiger partial charge in [0.1, 0.15) is 5.82 Å². The van der Waals surface area contributed by atoms with Crippen molar-refractivity contribution >= 4 is 15.9 Å². The normalized spacial score (nSPS) is 24.9. The first-order valence-corrected chi connectivity index (χ1v) is 6.15. The lowest BCUT2D eigenvalue weighted by Gasteiger charge is -2.23. The molecule has 16 heavy (non-hydrogen) atoms. The average Bonchev–Trinajstić information content (AvgIpc) is 2.67. The molecule has 0 radical (unpaired) electrons. The van der Waals surface area contributed by atoms with Gasteiger partial charge in [-0.2, -0.15) is 0 Å². The van der Waals surface area contributed by atoms with Gasteiger partial charge in [0, 0.05) is 28.7 Å². The number of rotatable bonds is 3. The van der Waals surface area contributed by atoms with E-state index in [-0.39, 0.29) is 11.4 Å². The van der Waals surface area contributed by atoms with Gasteiger partial charge in [0.15, 0.2) is 0 Å². The summed E-state index contributed by atoms with van der Waals surface area (Å²) in [5.74, 6) is -0.168. The summed E-state index contributed by atoms with van der Waals surface area (Å²) in [5, 5.41) is 3.36. The zero-order valence-electron chi connectivity index (χ0n) is 9.22. The highest BCUT2D eigenvalue weighted by molar-refractivity contribution is 9.10. The second kappa shape index (κ2) is 4.82. The van der Waals surface area contributed by atoms with Gasteiger partial charge in [-0.25, -0.2) is 4.39 Å². The molecule has 1 aliphatic rings. The third-order valence-electron chi connectivity index (χ3n) is 2.93. The topological polar surface area (TPSA) is 21.3 Å². The highest BCUT2D eigenvalue weighted by atomic mass is 79.9. The van der Waals surface area contributed by atoms with Gasteiger partial charge in [-0.15, -0.1) is 0 Å². The zero-order chi connectivity index (χ0) is 11.6. The van der Waals surface area contributed by atoms with Crippen LogP contribution in [0.4, 0.5) is 4.39 Å². The van der Waals surface area contributed by atoms with E-state index in [1.54, 1.807) is 6.07 Å². The van der Waals surface area contributed by atoms with Crippen LogP contribution < -0.4 is 5.32 Å². The highest BCUT2D eigenvalue weighted by Crippen LogP contribution is 2.20. The Bertz CT molecular complexity index is 377. The lowest BCUT2D eigenvalue weighted by Crippen LogP contribution is -2.42. The predicted molar refractivity (Wildman–Crippen MR) is 64.8 cm³/mol. The Hall–Kier alpha value is -0.450. The molecule has 1 N–H and O–H groups in total. The van der Waals surface area contributed by atoms with E-state index in [4.69, 9.17) is 4.74 Å². The molecule has 0 aliphatic carbocycles. The van der Waals surface area contributed by atoms with Crippen LogP contribution in [0.15, 0.2) is 22.7 Å². The molecule has 0 aromatic heterocycles. The molecule has 0 saturated carbocycles. The quantitative estimate of drug-likeness (QED) is 0.923. The van der Waals surface area contributed by atoms with E-state index in [1.807, 2.05) is 6.07 Å². The molecule has 4 heteroatoms. The van der Waals surface area contributed by atoms with Gasteiger partial charge in [0.05, 0.1) is 6.61 Å². The first-order chi connectivity index (χ1) is 7.59. The van der Waals surface area contributed by atoms with Crippen LogP contribution in [0.25, 0.3) is 0 Å². The van der Waals surface area contributed by atoms with E-state index in [0.717, 1.165) is 17.5 Å². The van der Waals surface area contributed by atoms with Gasteiger partial charge < -0.3 is 10.1 Å². The minimum atomic E-state index is -0.168. The second-order valence-electron chi connectivity index (χ2n) is 4.45. The zero-order valence-corrected chi connectivity index (χ0v) is 10.8. The van der Waals surface area contributed by atoms with Crippen molar-refractivity contribution in [3.63, 3.8) is 0 Å². The van der Waals surface area contributed by atoms with Crippen molar-refractivity contribution in [3.8, 4) is 0 Å². The van der Waals surface area contributed by atoms with Crippen molar-refractivity contribution in [2.45, 2.75) is 25.4 Å². The maximum Gasteiger partial charge on any atom is 0.127 e. The lowest BCUT2D eigenvalue weighted by atomic mass is 10.0. The largest absolute Gasteiger partial charge is 0.379 e. The smallest absolute Gasteiger partial charge is 0.127 e. The number of halogens is 2. The van der Waals surface area contributed by atoms with Crippen LogP contribution in [0.5, 0.6) is 0 Å². The molecule has 1 heterocycles. The number of ether oxygens (including phenoxy) is 1. The fourth-order valence-corrected chi connectivity index (χ4v) is 2.20. The van der Waals surface area contributed by atoms with Gasteiger partial charge >= 0.3 is 0 Å². The monoisotopic (exact) mass is 287 g/mol. The average molecular weight is 288 g/mol. The highest BCUT2D eigenvalue weighted by Gasteiger charge is 2.28. The van der Waals surface area contributed by atoms with Crippen LogP contribution in [-0.2, 0) is 11.3 Å². The van der Waals surface area contributed by atoms with Gasteiger partial charge in [-0.3, -0.25) is 0 Å². The molecule has 2 rings (SSSR count). The van der Waals surface area contributed by atoms with Crippen LogP contribution in [0, 0.1) is 5.82 Å². The molecular formula is C12H15BrFNO.